The van der Waals surface area contributed by atoms with Crippen molar-refractivity contribution in [2.45, 2.75) is 69.5 Å². The largest absolute Gasteiger partial charge is 0.385 e. The molecule has 0 aromatic heterocycles. The summed E-state index contributed by atoms with van der Waals surface area (Å²) in [7, 11) is -3.20. The molecule has 0 amide bonds. The summed E-state index contributed by atoms with van der Waals surface area (Å²) in [5.41, 5.74) is 5.72. The van der Waals surface area contributed by atoms with E-state index < -0.39 is 20.2 Å². The highest BCUT2D eigenvalue weighted by Gasteiger charge is 2.34. The molecule has 198 valence electrons. The van der Waals surface area contributed by atoms with Crippen LogP contribution < -0.4 is 4.90 Å². The Hall–Kier alpha value is -2.34. The average molecular weight is 540 g/mol. The predicted octanol–water partition coefficient (Wildman–Crippen LogP) is 6.63. The van der Waals surface area contributed by atoms with Crippen molar-refractivity contribution in [1.29, 1.82) is 0 Å². The van der Waals surface area contributed by atoms with E-state index in [1.807, 2.05) is 37.3 Å². The number of rotatable bonds is 7. The van der Waals surface area contributed by atoms with E-state index >= 15 is 0 Å². The molecule has 0 atom stereocenters. The summed E-state index contributed by atoms with van der Waals surface area (Å²) in [6.07, 6.45) is 3.20. The third-order valence-corrected chi connectivity index (χ3v) is 10.5. The van der Waals surface area contributed by atoms with E-state index in [0.29, 0.717) is 17.9 Å². The molecule has 1 aliphatic rings. The zero-order valence-electron chi connectivity index (χ0n) is 22.3. The smallest absolute Gasteiger partial charge is 0.159 e. The van der Waals surface area contributed by atoms with Crippen LogP contribution in [0, 0.1) is 6.92 Å². The molecule has 1 aliphatic heterocycles. The first-order chi connectivity index (χ1) is 17.4. The van der Waals surface area contributed by atoms with Crippen LogP contribution in [0.25, 0.3) is 0 Å². The second kappa shape index (κ2) is 10.8. The summed E-state index contributed by atoms with van der Waals surface area (Å²) in [6.45, 7) is 8.86. The maximum Gasteiger partial charge on any atom is 0.159 e. The Kier molecular flexibility index (Phi) is 8.08. The van der Waals surface area contributed by atoms with Gasteiger partial charge in [-0.15, -0.1) is 0 Å². The van der Waals surface area contributed by atoms with E-state index in [9.17, 15) is 13.5 Å². The fourth-order valence-corrected chi connectivity index (χ4v) is 6.13. The van der Waals surface area contributed by atoms with Crippen LogP contribution in [0.4, 0.5) is 5.69 Å². The topological polar surface area (TPSA) is 57.6 Å². The summed E-state index contributed by atoms with van der Waals surface area (Å²) >= 11 is 6.01. The maximum atomic E-state index is 12.6. The van der Waals surface area contributed by atoms with Crippen LogP contribution in [-0.2, 0) is 34.0 Å². The number of piperidine rings is 1. The molecule has 0 spiro atoms. The number of hydrogen-bond donors (Lipinski definition) is 1. The molecule has 1 N–H and O–H groups in total. The molecule has 1 fully saturated rings. The zero-order chi connectivity index (χ0) is 26.8. The lowest BCUT2D eigenvalue weighted by atomic mass is 9.84. The van der Waals surface area contributed by atoms with Crippen LogP contribution in [0.2, 0.25) is 5.02 Å². The molecule has 3 aromatic carbocycles. The highest BCUT2D eigenvalue weighted by molar-refractivity contribution is 7.91. The van der Waals surface area contributed by atoms with Crippen LogP contribution in [0.1, 0.15) is 61.4 Å². The SMILES string of the molecule is Cc1cc(CCc2ccc(N3CCC(O)(c4ccc(Cl)cc4)CC3)cc2)ccc1CS(=O)(=O)C(C)(C)C. The van der Waals surface area contributed by atoms with Crippen molar-refractivity contribution in [2.75, 3.05) is 18.0 Å². The maximum absolute atomic E-state index is 12.6. The van der Waals surface area contributed by atoms with Crippen LogP contribution in [0.15, 0.2) is 66.7 Å². The van der Waals surface area contributed by atoms with Gasteiger partial charge >= 0.3 is 0 Å². The van der Waals surface area contributed by atoms with Gasteiger partial charge in [0.25, 0.3) is 0 Å². The average Bonchev–Trinajstić information content (AvgIpc) is 2.85. The van der Waals surface area contributed by atoms with Gasteiger partial charge in [0.1, 0.15) is 0 Å². The van der Waals surface area contributed by atoms with Crippen LogP contribution >= 0.6 is 11.6 Å². The fraction of sp³-hybridized carbons (Fsp3) is 0.419. The number of sulfone groups is 1. The standard InChI is InChI=1S/C31H38ClNO3S/c1-23-21-25(7-10-26(23)22-37(35,36)30(2,3)4)6-5-24-8-15-29(16-9-24)33-19-17-31(34,18-20-33)27-11-13-28(32)14-12-27/h7-16,21,34H,5-6,17-20,22H2,1-4H3. The molecule has 3 aromatic rings. The Labute approximate surface area is 227 Å². The van der Waals surface area contributed by atoms with Crippen molar-refractivity contribution in [3.05, 3.63) is 99.6 Å². The van der Waals surface area contributed by atoms with Gasteiger partial charge in [0.15, 0.2) is 9.84 Å². The summed E-state index contributed by atoms with van der Waals surface area (Å²) in [5.74, 6) is 0.0810. The lowest BCUT2D eigenvalue weighted by Crippen LogP contribution is -2.42. The minimum Gasteiger partial charge on any atom is -0.385 e. The molecule has 0 saturated carbocycles. The number of hydrogen-bond acceptors (Lipinski definition) is 4. The Morgan fingerprint density at radius 1 is 0.892 bits per heavy atom. The van der Waals surface area contributed by atoms with Crippen LogP contribution in [0.3, 0.4) is 0 Å². The summed E-state index contributed by atoms with van der Waals surface area (Å²) in [6, 6.07) is 22.4. The lowest BCUT2D eigenvalue weighted by Gasteiger charge is -2.39. The third-order valence-electron chi connectivity index (χ3n) is 7.66. The third kappa shape index (κ3) is 6.57. The molecule has 1 saturated heterocycles. The van der Waals surface area contributed by atoms with Crippen molar-refractivity contribution in [3.8, 4) is 0 Å². The summed E-state index contributed by atoms with van der Waals surface area (Å²) < 4.78 is 24.4. The molecule has 0 bridgehead atoms. The van der Waals surface area contributed by atoms with Crippen molar-refractivity contribution in [2.24, 2.45) is 0 Å². The first-order valence-corrected chi connectivity index (χ1v) is 15.0. The van der Waals surface area contributed by atoms with Gasteiger partial charge in [0.05, 0.1) is 16.1 Å². The molecule has 1 heterocycles. The minimum atomic E-state index is -3.20. The number of benzene rings is 3. The second-order valence-electron chi connectivity index (χ2n) is 11.3. The van der Waals surface area contributed by atoms with Crippen molar-refractivity contribution in [1.82, 2.24) is 0 Å². The Balaban J connectivity index is 1.32. The molecule has 37 heavy (non-hydrogen) atoms. The van der Waals surface area contributed by atoms with E-state index in [-0.39, 0.29) is 5.75 Å². The first kappa shape index (κ1) is 27.7. The second-order valence-corrected chi connectivity index (χ2v) is 14.5. The number of halogens is 1. The molecular weight excluding hydrogens is 502 g/mol. The van der Waals surface area contributed by atoms with E-state index in [0.717, 1.165) is 42.6 Å². The van der Waals surface area contributed by atoms with Crippen molar-refractivity contribution >= 4 is 27.1 Å². The van der Waals surface area contributed by atoms with E-state index in [1.54, 1.807) is 20.8 Å². The minimum absolute atomic E-state index is 0.0810. The predicted molar refractivity (Wildman–Crippen MR) is 154 cm³/mol. The summed E-state index contributed by atoms with van der Waals surface area (Å²) in [4.78, 5) is 2.34. The Morgan fingerprint density at radius 2 is 1.46 bits per heavy atom. The monoisotopic (exact) mass is 539 g/mol. The van der Waals surface area contributed by atoms with Gasteiger partial charge in [-0.2, -0.15) is 0 Å². The molecular formula is C31H38ClNO3S. The van der Waals surface area contributed by atoms with Crippen molar-refractivity contribution < 1.29 is 13.5 Å². The molecule has 0 aliphatic carbocycles. The molecule has 6 heteroatoms. The fourth-order valence-electron chi connectivity index (χ4n) is 4.84. The molecule has 0 radical (unpaired) electrons. The van der Waals surface area contributed by atoms with Crippen LogP contribution in [0.5, 0.6) is 0 Å². The van der Waals surface area contributed by atoms with E-state index in [2.05, 4.69) is 41.3 Å². The van der Waals surface area contributed by atoms with Gasteiger partial charge in [-0.25, -0.2) is 8.42 Å². The van der Waals surface area contributed by atoms with Gasteiger partial charge in [-0.3, -0.25) is 0 Å². The van der Waals surface area contributed by atoms with Crippen molar-refractivity contribution in [3.63, 3.8) is 0 Å². The van der Waals surface area contributed by atoms with E-state index in [4.69, 9.17) is 11.6 Å². The molecule has 4 rings (SSSR count). The van der Waals surface area contributed by atoms with Crippen LogP contribution in [-0.4, -0.2) is 31.4 Å². The van der Waals surface area contributed by atoms with Gasteiger partial charge in [-0.1, -0.05) is 54.1 Å². The highest BCUT2D eigenvalue weighted by Crippen LogP contribution is 2.35. The van der Waals surface area contributed by atoms with Gasteiger partial charge in [-0.05, 0) is 105 Å². The zero-order valence-corrected chi connectivity index (χ0v) is 23.9. The van der Waals surface area contributed by atoms with Gasteiger partial charge in [0, 0.05) is 23.8 Å². The normalized spacial score (nSPS) is 16.1. The van der Waals surface area contributed by atoms with Gasteiger partial charge < -0.3 is 10.0 Å². The van der Waals surface area contributed by atoms with E-state index in [1.165, 1.54) is 16.8 Å². The van der Waals surface area contributed by atoms with Gasteiger partial charge in [0.2, 0.25) is 0 Å². The quantitative estimate of drug-likeness (QED) is 0.366. The Morgan fingerprint density at radius 3 is 2.03 bits per heavy atom. The summed E-state index contributed by atoms with van der Waals surface area (Å²) in [5, 5.41) is 11.8. The molecule has 0 unspecified atom stereocenters. The number of nitrogens with zero attached hydrogens (tertiary/aromatic N) is 1. The highest BCUT2D eigenvalue weighted by atomic mass is 35.5. The number of anilines is 1. The lowest BCUT2D eigenvalue weighted by molar-refractivity contribution is 0.0118. The number of aryl methyl sites for hydroxylation is 3. The Bertz CT molecular complexity index is 1320. The number of aliphatic hydroxyl groups is 1. The molecule has 4 nitrogen and oxygen atoms in total. The first-order valence-electron chi connectivity index (χ1n) is 13.0.